The number of azo groups is 1. The number of nitrogens with one attached hydrogen (secondary N) is 1. The predicted octanol–water partition coefficient (Wildman–Crippen LogP) is 2.52. The second-order valence-electron chi connectivity index (χ2n) is 5.99. The summed E-state index contributed by atoms with van der Waals surface area (Å²) in [5.41, 5.74) is 1.51. The van der Waals surface area contributed by atoms with Gasteiger partial charge in [0.15, 0.2) is 11.6 Å². The first-order chi connectivity index (χ1) is 14.0. The van der Waals surface area contributed by atoms with Gasteiger partial charge in [0, 0.05) is 18.1 Å². The zero-order valence-electron chi connectivity index (χ0n) is 15.6. The summed E-state index contributed by atoms with van der Waals surface area (Å²) in [6.45, 7) is 3.07. The lowest BCUT2D eigenvalue weighted by Gasteiger charge is -2.11. The highest BCUT2D eigenvalue weighted by molar-refractivity contribution is 6.10. The van der Waals surface area contributed by atoms with E-state index in [1.807, 2.05) is 25.1 Å². The summed E-state index contributed by atoms with van der Waals surface area (Å²) in [7, 11) is 0. The number of anilines is 1. The van der Waals surface area contributed by atoms with Gasteiger partial charge in [-0.15, -0.1) is 5.11 Å². The van der Waals surface area contributed by atoms with E-state index < -0.39 is 17.7 Å². The number of rotatable bonds is 6. The van der Waals surface area contributed by atoms with Crippen molar-refractivity contribution in [1.29, 1.82) is 5.26 Å². The van der Waals surface area contributed by atoms with E-state index >= 15 is 0 Å². The normalized spacial score (nSPS) is 11.8. The van der Waals surface area contributed by atoms with Gasteiger partial charge in [-0.3, -0.25) is 9.59 Å². The number of hydrogen-bond donors (Lipinski definition) is 1. The van der Waals surface area contributed by atoms with Crippen molar-refractivity contribution in [2.75, 3.05) is 5.32 Å². The van der Waals surface area contributed by atoms with E-state index in [1.165, 1.54) is 30.2 Å². The van der Waals surface area contributed by atoms with Gasteiger partial charge < -0.3 is 5.32 Å². The largest absolute Gasteiger partial charge is 0.324 e. The number of aryl methyl sites for hydroxylation is 1. The molecule has 2 aromatic heterocycles. The molecule has 0 spiro atoms. The topological polar surface area (TPSA) is 138 Å². The minimum atomic E-state index is -1.39. The van der Waals surface area contributed by atoms with E-state index in [-0.39, 0.29) is 17.3 Å². The minimum Gasteiger partial charge on any atom is -0.324 e. The van der Waals surface area contributed by atoms with Gasteiger partial charge in [0.1, 0.15) is 11.6 Å². The molecule has 1 N–H and O–H groups in total. The van der Waals surface area contributed by atoms with E-state index in [0.29, 0.717) is 5.69 Å². The van der Waals surface area contributed by atoms with Gasteiger partial charge in [0.2, 0.25) is 6.04 Å². The molecule has 3 aromatic rings. The highest BCUT2D eigenvalue weighted by Gasteiger charge is 2.24. The number of carbonyl (C=O) groups is 2. The Labute approximate surface area is 165 Å². The van der Waals surface area contributed by atoms with E-state index in [9.17, 15) is 14.9 Å². The standard InChI is InChI=1S/C19H16N8O2/c1-12-6-3-4-7-15(12)24-18(29)16(13(2)28)25-26-17-14(10-20)11-23-27(17)19-21-8-5-9-22-19/h3-9,11,16H,1-2H3,(H,24,29). The number of nitriles is 1. The lowest BCUT2D eigenvalue weighted by atomic mass is 10.1. The molecule has 1 aromatic carbocycles. The van der Waals surface area contributed by atoms with Crippen LogP contribution in [-0.2, 0) is 9.59 Å². The number of aromatic nitrogens is 4. The zero-order chi connectivity index (χ0) is 20.8. The van der Waals surface area contributed by atoms with Gasteiger partial charge >= 0.3 is 0 Å². The van der Waals surface area contributed by atoms with Crippen LogP contribution in [0.3, 0.4) is 0 Å². The van der Waals surface area contributed by atoms with Crippen LogP contribution >= 0.6 is 0 Å². The van der Waals surface area contributed by atoms with Crippen LogP contribution in [0.4, 0.5) is 11.5 Å². The lowest BCUT2D eigenvalue weighted by Crippen LogP contribution is -2.32. The van der Waals surface area contributed by atoms with Crippen LogP contribution in [0.2, 0.25) is 0 Å². The molecule has 0 fully saturated rings. The van der Waals surface area contributed by atoms with Crippen molar-refractivity contribution in [2.24, 2.45) is 10.2 Å². The smallest absolute Gasteiger partial charge is 0.258 e. The Balaban J connectivity index is 1.91. The number of amides is 1. The summed E-state index contributed by atoms with van der Waals surface area (Å²) in [6.07, 6.45) is 4.29. The molecule has 0 saturated heterocycles. The maximum atomic E-state index is 12.6. The summed E-state index contributed by atoms with van der Waals surface area (Å²) in [6, 6.07) is 9.33. The molecular weight excluding hydrogens is 372 g/mol. The molecule has 3 rings (SSSR count). The van der Waals surface area contributed by atoms with Crippen LogP contribution in [-0.4, -0.2) is 37.5 Å². The Hall–Kier alpha value is -4.26. The molecule has 0 aliphatic heterocycles. The Kier molecular flexibility index (Phi) is 5.80. The molecule has 0 bridgehead atoms. The van der Waals surface area contributed by atoms with Gasteiger partial charge in [-0.1, -0.05) is 18.2 Å². The third-order valence-electron chi connectivity index (χ3n) is 3.91. The molecule has 1 unspecified atom stereocenters. The van der Waals surface area contributed by atoms with Crippen LogP contribution in [0.25, 0.3) is 5.95 Å². The number of ketones is 1. The third-order valence-corrected chi connectivity index (χ3v) is 3.91. The average Bonchev–Trinajstić information content (AvgIpc) is 3.13. The maximum Gasteiger partial charge on any atom is 0.258 e. The van der Waals surface area contributed by atoms with Gasteiger partial charge in [-0.2, -0.15) is 20.2 Å². The Morgan fingerprint density at radius 2 is 1.93 bits per heavy atom. The van der Waals surface area contributed by atoms with E-state index in [0.717, 1.165) is 5.56 Å². The molecular formula is C19H16N8O2. The van der Waals surface area contributed by atoms with Crippen molar-refractivity contribution >= 4 is 23.2 Å². The Morgan fingerprint density at radius 3 is 2.59 bits per heavy atom. The van der Waals surface area contributed by atoms with Crippen molar-refractivity contribution in [1.82, 2.24) is 19.7 Å². The molecule has 1 amide bonds. The number of para-hydroxylation sites is 1. The van der Waals surface area contributed by atoms with Crippen molar-refractivity contribution < 1.29 is 9.59 Å². The number of hydrogen-bond acceptors (Lipinski definition) is 8. The second kappa shape index (κ2) is 8.62. The van der Waals surface area contributed by atoms with Crippen LogP contribution in [0.5, 0.6) is 0 Å². The molecule has 2 heterocycles. The molecule has 0 radical (unpaired) electrons. The highest BCUT2D eigenvalue weighted by Crippen LogP contribution is 2.22. The van der Waals surface area contributed by atoms with Crippen LogP contribution < -0.4 is 5.32 Å². The molecule has 10 heteroatoms. The predicted molar refractivity (Wildman–Crippen MR) is 103 cm³/mol. The monoisotopic (exact) mass is 388 g/mol. The SMILES string of the molecule is CC(=O)C(N=Nc1c(C#N)cnn1-c1ncccn1)C(=O)Nc1ccccc1C. The van der Waals surface area contributed by atoms with Crippen LogP contribution in [0, 0.1) is 18.3 Å². The van der Waals surface area contributed by atoms with E-state index in [1.54, 1.807) is 18.2 Å². The van der Waals surface area contributed by atoms with E-state index in [4.69, 9.17) is 0 Å². The molecule has 10 nitrogen and oxygen atoms in total. The molecule has 1 atom stereocenters. The Morgan fingerprint density at radius 1 is 1.21 bits per heavy atom. The fourth-order valence-electron chi connectivity index (χ4n) is 2.41. The highest BCUT2D eigenvalue weighted by atomic mass is 16.2. The van der Waals surface area contributed by atoms with Crippen molar-refractivity contribution in [3.8, 4) is 12.0 Å². The Bertz CT molecular complexity index is 1110. The lowest BCUT2D eigenvalue weighted by molar-refractivity contribution is -0.126. The van der Waals surface area contributed by atoms with E-state index in [2.05, 4.69) is 30.6 Å². The minimum absolute atomic E-state index is 0.0219. The molecule has 0 aliphatic carbocycles. The van der Waals surface area contributed by atoms with Crippen LogP contribution in [0.1, 0.15) is 18.1 Å². The first-order valence-electron chi connectivity index (χ1n) is 8.54. The first kappa shape index (κ1) is 19.5. The quantitative estimate of drug-likeness (QED) is 0.508. The summed E-state index contributed by atoms with van der Waals surface area (Å²) in [5.74, 6) is -0.934. The zero-order valence-corrected chi connectivity index (χ0v) is 15.6. The summed E-state index contributed by atoms with van der Waals surface area (Å²) >= 11 is 0. The molecule has 0 aliphatic rings. The van der Waals surface area contributed by atoms with Crippen molar-refractivity contribution in [3.63, 3.8) is 0 Å². The van der Waals surface area contributed by atoms with Crippen molar-refractivity contribution in [3.05, 3.63) is 60.0 Å². The summed E-state index contributed by atoms with van der Waals surface area (Å²) in [5, 5.41) is 23.8. The fourth-order valence-corrected chi connectivity index (χ4v) is 2.41. The van der Waals surface area contributed by atoms with Crippen LogP contribution in [0.15, 0.2) is 59.2 Å². The first-order valence-corrected chi connectivity index (χ1v) is 8.54. The van der Waals surface area contributed by atoms with Crippen molar-refractivity contribution in [2.45, 2.75) is 19.9 Å². The van der Waals surface area contributed by atoms with Gasteiger partial charge in [-0.05, 0) is 31.5 Å². The van der Waals surface area contributed by atoms with Gasteiger partial charge in [0.25, 0.3) is 11.9 Å². The van der Waals surface area contributed by atoms with Gasteiger partial charge in [-0.25, -0.2) is 9.97 Å². The number of Topliss-reactive ketones (excluding diaryl/α,β-unsaturated/α-hetero) is 1. The summed E-state index contributed by atoms with van der Waals surface area (Å²) < 4.78 is 1.21. The molecule has 144 valence electrons. The third kappa shape index (κ3) is 4.36. The molecule has 29 heavy (non-hydrogen) atoms. The maximum absolute atomic E-state index is 12.6. The number of carbonyl (C=O) groups excluding carboxylic acids is 2. The summed E-state index contributed by atoms with van der Waals surface area (Å²) in [4.78, 5) is 32.7. The number of benzene rings is 1. The second-order valence-corrected chi connectivity index (χ2v) is 5.99. The van der Waals surface area contributed by atoms with Gasteiger partial charge in [0.05, 0.1) is 6.20 Å². The fraction of sp³-hybridized carbons (Fsp3) is 0.158. The number of nitrogens with zero attached hydrogens (tertiary/aromatic N) is 7. The molecule has 0 saturated carbocycles. The average molecular weight is 388 g/mol.